The van der Waals surface area contributed by atoms with Crippen molar-refractivity contribution < 1.29 is 4.79 Å². The van der Waals surface area contributed by atoms with Crippen molar-refractivity contribution >= 4 is 11.6 Å². The third-order valence-corrected chi connectivity index (χ3v) is 5.87. The average molecular weight is 377 g/mol. The second-order valence-electron chi connectivity index (χ2n) is 7.90. The van der Waals surface area contributed by atoms with Crippen molar-refractivity contribution in [2.45, 2.75) is 65.3 Å². The van der Waals surface area contributed by atoms with E-state index in [1.165, 1.54) is 19.3 Å². The van der Waals surface area contributed by atoms with Gasteiger partial charge in [0.1, 0.15) is 0 Å². The van der Waals surface area contributed by atoms with E-state index in [0.717, 1.165) is 52.3 Å². The minimum Gasteiger partial charge on any atom is -0.353 e. The van der Waals surface area contributed by atoms with E-state index in [9.17, 15) is 4.79 Å². The first-order chi connectivity index (χ1) is 13.5. The number of amides is 1. The summed E-state index contributed by atoms with van der Waals surface area (Å²) < 4.78 is 1.90. The van der Waals surface area contributed by atoms with Crippen LogP contribution in [0, 0.1) is 20.8 Å². The summed E-state index contributed by atoms with van der Waals surface area (Å²) in [4.78, 5) is 17.5. The summed E-state index contributed by atoms with van der Waals surface area (Å²) in [6, 6.07) is 10.6. The standard InChI is InChI=1S/C23H28N4O/c1-15-20(14-21(28)25-19-12-8-5-9-13-19)17(3)27-23(24-15)22(16(2)26-27)18-10-6-4-7-11-18/h4,6-7,10-11,19H,5,8-9,12-14H2,1-3H3,(H,25,28). The Balaban J connectivity index is 1.66. The number of aromatic nitrogens is 3. The molecular formula is C23H28N4O. The highest BCUT2D eigenvalue weighted by atomic mass is 16.1. The number of benzene rings is 1. The van der Waals surface area contributed by atoms with E-state index in [2.05, 4.69) is 17.4 Å². The van der Waals surface area contributed by atoms with Gasteiger partial charge >= 0.3 is 0 Å². The zero-order chi connectivity index (χ0) is 19.7. The number of carbonyl (C=O) groups is 1. The van der Waals surface area contributed by atoms with Crippen molar-refractivity contribution in [2.75, 3.05) is 0 Å². The second-order valence-corrected chi connectivity index (χ2v) is 7.90. The number of nitrogens with zero attached hydrogens (tertiary/aromatic N) is 3. The van der Waals surface area contributed by atoms with Gasteiger partial charge in [0.2, 0.25) is 5.91 Å². The first-order valence-corrected chi connectivity index (χ1v) is 10.2. The van der Waals surface area contributed by atoms with Crippen molar-refractivity contribution in [1.29, 1.82) is 0 Å². The van der Waals surface area contributed by atoms with E-state index in [0.29, 0.717) is 12.5 Å². The van der Waals surface area contributed by atoms with Gasteiger partial charge in [0, 0.05) is 28.6 Å². The van der Waals surface area contributed by atoms with Crippen LogP contribution < -0.4 is 5.32 Å². The lowest BCUT2D eigenvalue weighted by atomic mass is 9.95. The van der Waals surface area contributed by atoms with Crippen LogP contribution in [0.15, 0.2) is 30.3 Å². The fourth-order valence-electron chi connectivity index (χ4n) is 4.35. The maximum atomic E-state index is 12.6. The lowest BCUT2D eigenvalue weighted by Crippen LogP contribution is -2.37. The lowest BCUT2D eigenvalue weighted by Gasteiger charge is -2.23. The van der Waals surface area contributed by atoms with Crippen LogP contribution >= 0.6 is 0 Å². The van der Waals surface area contributed by atoms with Gasteiger partial charge in [-0.25, -0.2) is 9.50 Å². The number of nitrogens with one attached hydrogen (secondary N) is 1. The van der Waals surface area contributed by atoms with Crippen LogP contribution in [0.5, 0.6) is 0 Å². The van der Waals surface area contributed by atoms with Crippen molar-refractivity contribution in [3.8, 4) is 11.1 Å². The van der Waals surface area contributed by atoms with Gasteiger partial charge < -0.3 is 5.32 Å². The SMILES string of the molecule is Cc1nc2c(-c3ccccc3)c(C)nn2c(C)c1CC(=O)NC1CCCCC1. The van der Waals surface area contributed by atoms with E-state index >= 15 is 0 Å². The molecule has 0 spiro atoms. The number of hydrogen-bond donors (Lipinski definition) is 1. The molecule has 0 unspecified atom stereocenters. The van der Waals surface area contributed by atoms with E-state index in [1.54, 1.807) is 0 Å². The van der Waals surface area contributed by atoms with E-state index < -0.39 is 0 Å². The molecule has 28 heavy (non-hydrogen) atoms. The van der Waals surface area contributed by atoms with Gasteiger partial charge in [0.05, 0.1) is 12.1 Å². The zero-order valence-corrected chi connectivity index (χ0v) is 17.0. The molecule has 0 bridgehead atoms. The largest absolute Gasteiger partial charge is 0.353 e. The molecule has 1 saturated carbocycles. The minimum absolute atomic E-state index is 0.0893. The smallest absolute Gasteiger partial charge is 0.224 e. The Labute approximate surface area is 166 Å². The first kappa shape index (κ1) is 18.7. The van der Waals surface area contributed by atoms with Crippen LogP contribution in [0.4, 0.5) is 0 Å². The molecular weight excluding hydrogens is 348 g/mol. The zero-order valence-electron chi connectivity index (χ0n) is 17.0. The monoisotopic (exact) mass is 376 g/mol. The summed E-state index contributed by atoms with van der Waals surface area (Å²) in [6.07, 6.45) is 6.26. The fraction of sp³-hybridized carbons (Fsp3) is 0.435. The molecule has 1 aromatic carbocycles. The van der Waals surface area contributed by atoms with Gasteiger partial charge in [-0.05, 0) is 39.2 Å². The van der Waals surface area contributed by atoms with E-state index in [-0.39, 0.29) is 5.91 Å². The summed E-state index contributed by atoms with van der Waals surface area (Å²) in [7, 11) is 0. The van der Waals surface area contributed by atoms with Crippen molar-refractivity contribution in [3.63, 3.8) is 0 Å². The highest BCUT2D eigenvalue weighted by Crippen LogP contribution is 2.29. The first-order valence-electron chi connectivity index (χ1n) is 10.2. The summed E-state index contributed by atoms with van der Waals surface area (Å²) in [5.74, 6) is 0.0893. The summed E-state index contributed by atoms with van der Waals surface area (Å²) in [5.41, 5.74) is 6.85. The van der Waals surface area contributed by atoms with Crippen molar-refractivity contribution in [2.24, 2.45) is 0 Å². The highest BCUT2D eigenvalue weighted by molar-refractivity contribution is 5.82. The topological polar surface area (TPSA) is 59.3 Å². The molecule has 1 N–H and O–H groups in total. The Morgan fingerprint density at radius 2 is 1.79 bits per heavy atom. The molecule has 0 atom stereocenters. The Kier molecular flexibility index (Phi) is 5.16. The van der Waals surface area contributed by atoms with E-state index in [1.807, 2.05) is 43.5 Å². The van der Waals surface area contributed by atoms with Crippen LogP contribution in [0.2, 0.25) is 0 Å². The lowest BCUT2D eigenvalue weighted by molar-refractivity contribution is -0.121. The third-order valence-electron chi connectivity index (χ3n) is 5.87. The molecule has 1 aliphatic carbocycles. The predicted octanol–water partition coefficient (Wildman–Crippen LogP) is 4.31. The maximum Gasteiger partial charge on any atom is 0.224 e. The molecule has 0 aliphatic heterocycles. The Morgan fingerprint density at radius 1 is 1.07 bits per heavy atom. The summed E-state index contributed by atoms with van der Waals surface area (Å²) in [5, 5.41) is 7.95. The predicted molar refractivity (Wildman–Crippen MR) is 111 cm³/mol. The molecule has 0 radical (unpaired) electrons. The fourth-order valence-corrected chi connectivity index (χ4v) is 4.35. The molecule has 1 amide bonds. The minimum atomic E-state index is 0.0893. The molecule has 1 aliphatic rings. The van der Waals surface area contributed by atoms with Crippen LogP contribution in [-0.4, -0.2) is 26.5 Å². The molecule has 1 fully saturated rings. The molecule has 5 nitrogen and oxygen atoms in total. The number of carbonyl (C=O) groups excluding carboxylic acids is 1. The van der Waals surface area contributed by atoms with Gasteiger partial charge in [-0.2, -0.15) is 5.10 Å². The third kappa shape index (κ3) is 3.53. The molecule has 2 heterocycles. The van der Waals surface area contributed by atoms with E-state index in [4.69, 9.17) is 10.1 Å². The van der Waals surface area contributed by atoms with Crippen molar-refractivity contribution in [3.05, 3.63) is 53.0 Å². The number of rotatable bonds is 4. The second kappa shape index (κ2) is 7.74. The molecule has 2 aromatic heterocycles. The summed E-state index contributed by atoms with van der Waals surface area (Å²) >= 11 is 0. The molecule has 5 heteroatoms. The Bertz CT molecular complexity index is 1000. The van der Waals surface area contributed by atoms with Crippen LogP contribution in [0.25, 0.3) is 16.8 Å². The van der Waals surface area contributed by atoms with Crippen LogP contribution in [0.3, 0.4) is 0 Å². The number of aryl methyl sites for hydroxylation is 3. The maximum absolute atomic E-state index is 12.6. The highest BCUT2D eigenvalue weighted by Gasteiger charge is 2.21. The van der Waals surface area contributed by atoms with Gasteiger partial charge in [-0.1, -0.05) is 49.6 Å². The van der Waals surface area contributed by atoms with Crippen molar-refractivity contribution in [1.82, 2.24) is 19.9 Å². The van der Waals surface area contributed by atoms with Gasteiger partial charge in [-0.3, -0.25) is 4.79 Å². The Hall–Kier alpha value is -2.69. The quantitative estimate of drug-likeness (QED) is 0.738. The van der Waals surface area contributed by atoms with Crippen LogP contribution in [-0.2, 0) is 11.2 Å². The van der Waals surface area contributed by atoms with Gasteiger partial charge in [-0.15, -0.1) is 0 Å². The molecule has 4 rings (SSSR count). The molecule has 0 saturated heterocycles. The van der Waals surface area contributed by atoms with Crippen LogP contribution in [0.1, 0.15) is 54.7 Å². The average Bonchev–Trinajstić information content (AvgIpc) is 3.02. The molecule has 146 valence electrons. The molecule has 3 aromatic rings. The Morgan fingerprint density at radius 3 is 2.50 bits per heavy atom. The van der Waals surface area contributed by atoms with Gasteiger partial charge in [0.25, 0.3) is 0 Å². The number of hydrogen-bond acceptors (Lipinski definition) is 3. The normalized spacial score (nSPS) is 15.1. The van der Waals surface area contributed by atoms with Gasteiger partial charge in [0.15, 0.2) is 5.65 Å². The number of fused-ring (bicyclic) bond motifs is 1. The summed E-state index contributed by atoms with van der Waals surface area (Å²) in [6.45, 7) is 6.04.